The summed E-state index contributed by atoms with van der Waals surface area (Å²) < 4.78 is 13.3. The second-order valence-electron chi connectivity index (χ2n) is 14.7. The van der Waals surface area contributed by atoms with Crippen LogP contribution in [0.5, 0.6) is 11.5 Å². The molecule has 3 aromatic heterocycles. The van der Waals surface area contributed by atoms with Gasteiger partial charge in [-0.2, -0.15) is 10.2 Å². The number of piperidine rings is 2. The largest absolute Gasteiger partial charge is 0.496 e. The fourth-order valence-corrected chi connectivity index (χ4v) is 8.38. The van der Waals surface area contributed by atoms with Crippen molar-refractivity contribution in [3.8, 4) is 22.6 Å². The zero-order valence-electron chi connectivity index (χ0n) is 31.6. The van der Waals surface area contributed by atoms with Crippen molar-refractivity contribution in [1.29, 1.82) is 0 Å². The minimum absolute atomic E-state index is 0.0237. The molecule has 2 aromatic carbocycles. The molecule has 3 N–H and O–H groups in total. The van der Waals surface area contributed by atoms with Gasteiger partial charge in [0.2, 0.25) is 11.8 Å². The van der Waals surface area contributed by atoms with Crippen LogP contribution in [0.15, 0.2) is 47.5 Å². The summed E-state index contributed by atoms with van der Waals surface area (Å²) in [6.07, 6.45) is 7.01. The summed E-state index contributed by atoms with van der Waals surface area (Å²) in [7, 11) is 6.99. The van der Waals surface area contributed by atoms with Crippen LogP contribution in [0.4, 0.5) is 16.3 Å². The number of imide groups is 1. The lowest BCUT2D eigenvalue weighted by atomic mass is 9.93. The van der Waals surface area contributed by atoms with E-state index in [0.29, 0.717) is 35.9 Å². The molecule has 3 saturated heterocycles. The number of pyridine rings is 1. The Kier molecular flexibility index (Phi) is 9.67. The smallest absolute Gasteiger partial charge is 0.329 e. The van der Waals surface area contributed by atoms with Gasteiger partial charge in [0.25, 0.3) is 5.56 Å². The van der Waals surface area contributed by atoms with Gasteiger partial charge < -0.3 is 23.8 Å². The lowest BCUT2D eigenvalue weighted by Crippen LogP contribution is -2.49. The number of H-pyrrole nitrogens is 2. The summed E-state index contributed by atoms with van der Waals surface area (Å²) in [6.45, 7) is 4.14. The van der Waals surface area contributed by atoms with Crippen LogP contribution in [-0.2, 0) is 23.2 Å². The number of aromatic nitrogens is 5. The van der Waals surface area contributed by atoms with Crippen LogP contribution in [0.3, 0.4) is 0 Å². The lowest BCUT2D eigenvalue weighted by Gasteiger charge is -2.40. The number of urea groups is 1. The molecule has 0 unspecified atom stereocenters. The molecule has 3 aliphatic heterocycles. The first-order chi connectivity index (χ1) is 26.6. The highest BCUT2D eigenvalue weighted by Crippen LogP contribution is 2.38. The molecule has 0 spiro atoms. The van der Waals surface area contributed by atoms with E-state index in [1.165, 1.54) is 4.90 Å². The van der Waals surface area contributed by atoms with Gasteiger partial charge in [0.05, 0.1) is 31.5 Å². The maximum atomic E-state index is 13.8. The van der Waals surface area contributed by atoms with Crippen molar-refractivity contribution in [2.75, 3.05) is 63.8 Å². The van der Waals surface area contributed by atoms with Gasteiger partial charge in [-0.15, -0.1) is 0 Å². The fourth-order valence-electron chi connectivity index (χ4n) is 8.38. The minimum atomic E-state index is -0.462. The van der Waals surface area contributed by atoms with Gasteiger partial charge in [0.1, 0.15) is 17.0 Å². The molecule has 5 aromatic rings. The summed E-state index contributed by atoms with van der Waals surface area (Å²) >= 11 is 0. The predicted octanol–water partition coefficient (Wildman–Crippen LogP) is 3.61. The highest BCUT2D eigenvalue weighted by atomic mass is 16.5. The zero-order chi connectivity index (χ0) is 38.4. The molecule has 3 fully saturated rings. The monoisotopic (exact) mass is 750 g/mol. The van der Waals surface area contributed by atoms with Crippen LogP contribution in [0.1, 0.15) is 37.7 Å². The number of likely N-dealkylation sites (tertiary alicyclic amines) is 1. The third-order valence-corrected chi connectivity index (χ3v) is 11.6. The molecule has 0 aliphatic carbocycles. The van der Waals surface area contributed by atoms with Gasteiger partial charge in [-0.1, -0.05) is 0 Å². The van der Waals surface area contributed by atoms with Crippen LogP contribution < -0.4 is 30.1 Å². The van der Waals surface area contributed by atoms with Gasteiger partial charge >= 0.3 is 6.03 Å². The summed E-state index contributed by atoms with van der Waals surface area (Å²) in [5.41, 5.74) is 4.83. The number of nitrogens with one attached hydrogen (secondary N) is 3. The van der Waals surface area contributed by atoms with Gasteiger partial charge in [0.15, 0.2) is 5.82 Å². The van der Waals surface area contributed by atoms with Gasteiger partial charge in [-0.25, -0.2) is 4.79 Å². The fraction of sp³-hybridized carbons (Fsp3) is 0.436. The number of aromatic amines is 2. The van der Waals surface area contributed by atoms with E-state index in [1.807, 2.05) is 48.5 Å². The number of nitrogens with zero attached hydrogens (tertiary/aromatic N) is 7. The highest BCUT2D eigenvalue weighted by Gasteiger charge is 2.33. The number of ether oxygens (including phenoxy) is 2. The van der Waals surface area contributed by atoms with Crippen molar-refractivity contribution >= 4 is 51.2 Å². The SMILES string of the molecule is COc1cc(-c2cn(C)c(=O)c3[nH]ncc23)cc(OC)c1CN1CCC(N(C)C(=O)C2CCN(c3ccc4c(N5CCC(=O)NC5=O)n[nH]c4c3)CC2)CC1. The molecule has 0 bridgehead atoms. The van der Waals surface area contributed by atoms with Crippen LogP contribution in [-0.4, -0.2) is 113 Å². The predicted molar refractivity (Wildman–Crippen MR) is 207 cm³/mol. The van der Waals surface area contributed by atoms with E-state index in [9.17, 15) is 19.2 Å². The number of hydrogen-bond acceptors (Lipinski definition) is 10. The van der Waals surface area contributed by atoms with Crippen molar-refractivity contribution in [2.45, 2.75) is 44.7 Å². The normalized spacial score (nSPS) is 17.6. The molecule has 6 heterocycles. The molecular weight excluding hydrogens is 704 g/mol. The summed E-state index contributed by atoms with van der Waals surface area (Å²) in [6, 6.07) is 9.71. The van der Waals surface area contributed by atoms with E-state index in [4.69, 9.17) is 9.47 Å². The average molecular weight is 751 g/mol. The number of carbonyl (C=O) groups is 3. The average Bonchev–Trinajstić information content (AvgIpc) is 3.87. The Bertz CT molecular complexity index is 2310. The second kappa shape index (κ2) is 14.7. The van der Waals surface area contributed by atoms with E-state index >= 15 is 0 Å². The number of amides is 4. The Hall–Kier alpha value is -5.90. The van der Waals surface area contributed by atoms with E-state index in [1.54, 1.807) is 32.0 Å². The molecule has 3 aliphatic rings. The van der Waals surface area contributed by atoms with Crippen molar-refractivity contribution in [3.05, 3.63) is 58.6 Å². The molecule has 16 nitrogen and oxygen atoms in total. The third-order valence-electron chi connectivity index (χ3n) is 11.6. The van der Waals surface area contributed by atoms with Crippen molar-refractivity contribution in [3.63, 3.8) is 0 Å². The number of rotatable bonds is 9. The van der Waals surface area contributed by atoms with Crippen LogP contribution in [0, 0.1) is 5.92 Å². The minimum Gasteiger partial charge on any atom is -0.496 e. The molecule has 8 rings (SSSR count). The Morgan fingerprint density at radius 2 is 1.65 bits per heavy atom. The Morgan fingerprint density at radius 1 is 0.927 bits per heavy atom. The Balaban J connectivity index is 0.866. The number of benzene rings is 2. The highest BCUT2D eigenvalue weighted by molar-refractivity contribution is 6.09. The molecule has 0 radical (unpaired) electrons. The third kappa shape index (κ3) is 6.75. The number of aryl methyl sites for hydroxylation is 1. The van der Waals surface area contributed by atoms with Crippen molar-refractivity contribution in [1.82, 2.24) is 40.1 Å². The van der Waals surface area contributed by atoms with Gasteiger partial charge in [-0.05, 0) is 61.6 Å². The topological polar surface area (TPSA) is 174 Å². The van der Waals surface area contributed by atoms with E-state index in [-0.39, 0.29) is 35.8 Å². The van der Waals surface area contributed by atoms with Crippen molar-refractivity contribution in [2.24, 2.45) is 13.0 Å². The quantitative estimate of drug-likeness (QED) is 0.202. The number of methoxy groups -OCH3 is 2. The molecule has 0 saturated carbocycles. The summed E-state index contributed by atoms with van der Waals surface area (Å²) in [4.78, 5) is 58.5. The number of hydrogen-bond donors (Lipinski definition) is 3. The Morgan fingerprint density at radius 3 is 2.35 bits per heavy atom. The van der Waals surface area contributed by atoms with E-state index in [2.05, 4.69) is 35.5 Å². The summed E-state index contributed by atoms with van der Waals surface area (Å²) in [5.74, 6) is 1.84. The van der Waals surface area contributed by atoms with Crippen LogP contribution >= 0.6 is 0 Å². The van der Waals surface area contributed by atoms with E-state index in [0.717, 1.165) is 90.5 Å². The zero-order valence-corrected chi connectivity index (χ0v) is 31.6. The molecular formula is C39H46N10O6. The number of carbonyl (C=O) groups excluding carboxylic acids is 3. The number of fused-ring (bicyclic) bond motifs is 2. The maximum Gasteiger partial charge on any atom is 0.329 e. The maximum absolute atomic E-state index is 13.8. The first-order valence-corrected chi connectivity index (χ1v) is 18.7. The molecule has 55 heavy (non-hydrogen) atoms. The Labute approximate surface area is 317 Å². The molecule has 16 heteroatoms. The van der Waals surface area contributed by atoms with Gasteiger partial charge in [0, 0.05) is 100.0 Å². The molecule has 0 atom stereocenters. The summed E-state index contributed by atoms with van der Waals surface area (Å²) in [5, 5.41) is 18.3. The second-order valence-corrected chi connectivity index (χ2v) is 14.7. The first kappa shape index (κ1) is 36.1. The first-order valence-electron chi connectivity index (χ1n) is 18.7. The van der Waals surface area contributed by atoms with Crippen LogP contribution in [0.25, 0.3) is 32.9 Å². The van der Waals surface area contributed by atoms with Crippen LogP contribution in [0.2, 0.25) is 0 Å². The molecule has 288 valence electrons. The van der Waals surface area contributed by atoms with Gasteiger partial charge in [-0.3, -0.25) is 39.7 Å². The lowest BCUT2D eigenvalue weighted by molar-refractivity contribution is -0.138. The molecule has 4 amide bonds. The van der Waals surface area contributed by atoms with E-state index < -0.39 is 6.03 Å². The van der Waals surface area contributed by atoms with Crippen molar-refractivity contribution < 1.29 is 23.9 Å². The standard InChI is InChI=1S/C39H46N10O6/c1-45-21-29(28-20-40-43-35(28)38(45)52)24-17-32(54-3)30(33(18-24)55-4)22-47-12-9-25(10-13-47)46(2)37(51)23-7-14-48(15-8-23)26-5-6-27-31(19-26)42-44-36(27)49-16-11-34(50)41-39(49)53/h5-6,17-21,23,25H,7-16,22H2,1-4H3,(H,40,43)(H,42,44)(H,41,50,53). The number of anilines is 2.